The standard InChI is InChI=1S/C19H20F2N4O2/c20-19(21)9-18(27,10-24-11-19)13-4-6-14(7-5-13)25-8-12-2-1-3-15(16(12)22)17(23)26/h1-8,22,24-25,27H,9-11H2,(H2,23,26)/b12-8-,22-16?. The van der Waals surface area contributed by atoms with Crippen LogP contribution in [-0.4, -0.2) is 35.7 Å². The molecule has 1 unspecified atom stereocenters. The van der Waals surface area contributed by atoms with Crippen LogP contribution in [0.5, 0.6) is 0 Å². The van der Waals surface area contributed by atoms with E-state index in [1.807, 2.05) is 0 Å². The molecule has 1 aliphatic heterocycles. The second-order valence-electron chi connectivity index (χ2n) is 6.67. The smallest absolute Gasteiger partial charge is 0.263 e. The molecule has 1 atom stereocenters. The number of hydrogen-bond donors (Lipinski definition) is 5. The summed E-state index contributed by atoms with van der Waals surface area (Å²) in [5.74, 6) is -3.64. The van der Waals surface area contributed by atoms with Crippen molar-refractivity contribution in [2.75, 3.05) is 18.4 Å². The van der Waals surface area contributed by atoms with Gasteiger partial charge in [-0.25, -0.2) is 8.78 Å². The van der Waals surface area contributed by atoms with E-state index in [0.29, 0.717) is 16.8 Å². The zero-order valence-electron chi connectivity index (χ0n) is 14.4. The minimum absolute atomic E-state index is 0.0129. The van der Waals surface area contributed by atoms with Crippen molar-refractivity contribution in [1.82, 2.24) is 5.32 Å². The Hall–Kier alpha value is -2.84. The predicted molar refractivity (Wildman–Crippen MR) is 98.6 cm³/mol. The van der Waals surface area contributed by atoms with Crippen LogP contribution in [0.3, 0.4) is 0 Å². The van der Waals surface area contributed by atoms with Gasteiger partial charge in [0.05, 0.1) is 17.8 Å². The number of carbonyl (C=O) groups is 1. The molecule has 0 aromatic heterocycles. The van der Waals surface area contributed by atoms with E-state index >= 15 is 0 Å². The molecular weight excluding hydrogens is 354 g/mol. The lowest BCUT2D eigenvalue weighted by atomic mass is 9.85. The first-order valence-corrected chi connectivity index (χ1v) is 8.36. The van der Waals surface area contributed by atoms with E-state index in [1.54, 1.807) is 42.6 Å². The number of nitrogens with two attached hydrogens (primary N) is 1. The topological polar surface area (TPSA) is 111 Å². The molecule has 1 saturated heterocycles. The number of rotatable bonds is 4. The van der Waals surface area contributed by atoms with Crippen molar-refractivity contribution in [3.8, 4) is 0 Å². The molecule has 1 amide bonds. The summed E-state index contributed by atoms with van der Waals surface area (Å²) >= 11 is 0. The third-order valence-corrected chi connectivity index (χ3v) is 4.53. The first-order valence-electron chi connectivity index (χ1n) is 8.36. The van der Waals surface area contributed by atoms with Crippen LogP contribution in [0.1, 0.15) is 12.0 Å². The summed E-state index contributed by atoms with van der Waals surface area (Å²) in [6, 6.07) is 6.47. The summed E-state index contributed by atoms with van der Waals surface area (Å²) in [7, 11) is 0. The zero-order chi connectivity index (χ0) is 19.7. The van der Waals surface area contributed by atoms with Gasteiger partial charge in [0.1, 0.15) is 5.60 Å². The highest BCUT2D eigenvalue weighted by atomic mass is 19.3. The number of benzene rings is 1. The molecule has 0 spiro atoms. The van der Waals surface area contributed by atoms with Crippen LogP contribution < -0.4 is 16.4 Å². The molecule has 142 valence electrons. The average Bonchev–Trinajstić information content (AvgIpc) is 2.60. The van der Waals surface area contributed by atoms with Gasteiger partial charge in [0.15, 0.2) is 0 Å². The monoisotopic (exact) mass is 374 g/mol. The maximum atomic E-state index is 13.6. The summed E-state index contributed by atoms with van der Waals surface area (Å²) in [4.78, 5) is 11.3. The third kappa shape index (κ3) is 4.12. The number of aliphatic hydroxyl groups is 1. The Bertz CT molecular complexity index is 859. The minimum atomic E-state index is -2.96. The van der Waals surface area contributed by atoms with E-state index in [9.17, 15) is 18.7 Å². The Morgan fingerprint density at radius 2 is 2.00 bits per heavy atom. The molecule has 0 radical (unpaired) electrons. The van der Waals surface area contributed by atoms with Crippen molar-refractivity contribution in [1.29, 1.82) is 5.41 Å². The van der Waals surface area contributed by atoms with Gasteiger partial charge in [0.2, 0.25) is 0 Å². The van der Waals surface area contributed by atoms with E-state index in [1.165, 1.54) is 6.08 Å². The molecule has 6 nitrogen and oxygen atoms in total. The number of carbonyl (C=O) groups excluding carboxylic acids is 1. The molecule has 0 bridgehead atoms. The van der Waals surface area contributed by atoms with Gasteiger partial charge in [-0.2, -0.15) is 0 Å². The largest absolute Gasteiger partial charge is 0.384 e. The first-order chi connectivity index (χ1) is 12.7. The fourth-order valence-corrected chi connectivity index (χ4v) is 3.14. The quantitative estimate of drug-likeness (QED) is 0.553. The number of alkyl halides is 2. The normalized spacial score (nSPS) is 26.0. The Morgan fingerprint density at radius 1 is 1.30 bits per heavy atom. The van der Waals surface area contributed by atoms with Crippen molar-refractivity contribution in [3.63, 3.8) is 0 Å². The number of nitrogens with one attached hydrogen (secondary N) is 3. The molecule has 2 aliphatic rings. The Kier molecular flexibility index (Phi) is 4.95. The van der Waals surface area contributed by atoms with Gasteiger partial charge in [-0.15, -0.1) is 0 Å². The highest BCUT2D eigenvalue weighted by molar-refractivity contribution is 6.28. The van der Waals surface area contributed by atoms with Crippen LogP contribution >= 0.6 is 0 Å². The highest BCUT2D eigenvalue weighted by Gasteiger charge is 2.45. The van der Waals surface area contributed by atoms with Crippen LogP contribution in [0.15, 0.2) is 59.8 Å². The Morgan fingerprint density at radius 3 is 2.63 bits per heavy atom. The van der Waals surface area contributed by atoms with Crippen molar-refractivity contribution in [3.05, 3.63) is 65.4 Å². The van der Waals surface area contributed by atoms with Gasteiger partial charge in [0, 0.05) is 30.4 Å². The molecule has 27 heavy (non-hydrogen) atoms. The number of primary amides is 1. The lowest BCUT2D eigenvalue weighted by Gasteiger charge is -2.37. The molecule has 0 saturated carbocycles. The van der Waals surface area contributed by atoms with Gasteiger partial charge in [-0.3, -0.25) is 10.2 Å². The number of hydrogen-bond acceptors (Lipinski definition) is 5. The van der Waals surface area contributed by atoms with Crippen molar-refractivity contribution >= 4 is 17.3 Å². The zero-order valence-corrected chi connectivity index (χ0v) is 14.4. The van der Waals surface area contributed by atoms with Crippen molar-refractivity contribution in [2.24, 2.45) is 5.73 Å². The third-order valence-electron chi connectivity index (χ3n) is 4.53. The number of β-amino-alcohol motifs (C(OH)–C–C–N with tert-alkyl or cyclic N) is 1. The summed E-state index contributed by atoms with van der Waals surface area (Å²) in [5.41, 5.74) is 5.25. The van der Waals surface area contributed by atoms with Crippen LogP contribution in [0.25, 0.3) is 0 Å². The van der Waals surface area contributed by atoms with Gasteiger partial charge in [0.25, 0.3) is 11.8 Å². The van der Waals surface area contributed by atoms with E-state index in [2.05, 4.69) is 10.6 Å². The van der Waals surface area contributed by atoms with E-state index < -0.39 is 30.4 Å². The summed E-state index contributed by atoms with van der Waals surface area (Å²) < 4.78 is 27.2. The predicted octanol–water partition coefficient (Wildman–Crippen LogP) is 1.80. The summed E-state index contributed by atoms with van der Waals surface area (Å²) in [6.45, 7) is -0.382. The van der Waals surface area contributed by atoms with Crippen molar-refractivity contribution in [2.45, 2.75) is 17.9 Å². The van der Waals surface area contributed by atoms with Gasteiger partial charge in [-0.1, -0.05) is 24.3 Å². The van der Waals surface area contributed by atoms with E-state index in [0.717, 1.165) is 0 Å². The lowest BCUT2D eigenvalue weighted by Crippen LogP contribution is -2.52. The molecule has 1 aromatic rings. The molecule has 1 fully saturated rings. The fraction of sp³-hybridized carbons (Fsp3) is 0.263. The second kappa shape index (κ2) is 7.05. The number of piperidine rings is 1. The summed E-state index contributed by atoms with van der Waals surface area (Å²) in [6.07, 6.45) is 5.68. The molecule has 6 N–H and O–H groups in total. The van der Waals surface area contributed by atoms with Gasteiger partial charge >= 0.3 is 0 Å². The number of allylic oxidation sites excluding steroid dienone is 4. The molecular formula is C19H20F2N4O2. The van der Waals surface area contributed by atoms with Crippen LogP contribution in [0.4, 0.5) is 14.5 Å². The average molecular weight is 374 g/mol. The lowest BCUT2D eigenvalue weighted by molar-refractivity contribution is -0.115. The maximum absolute atomic E-state index is 13.6. The number of amides is 1. The van der Waals surface area contributed by atoms with E-state index in [4.69, 9.17) is 11.1 Å². The van der Waals surface area contributed by atoms with Crippen molar-refractivity contribution < 1.29 is 18.7 Å². The minimum Gasteiger partial charge on any atom is -0.384 e. The molecule has 1 aromatic carbocycles. The Balaban J connectivity index is 1.72. The van der Waals surface area contributed by atoms with E-state index in [-0.39, 0.29) is 17.8 Å². The fourth-order valence-electron chi connectivity index (χ4n) is 3.14. The molecule has 8 heteroatoms. The molecule has 3 rings (SSSR count). The van der Waals surface area contributed by atoms with Gasteiger partial charge < -0.3 is 21.5 Å². The SMILES string of the molecule is N=C1C(C(N)=O)=CC=C/C1=C/Nc1ccc(C2(O)CNCC(F)(F)C2)cc1. The first kappa shape index (κ1) is 18.9. The highest BCUT2D eigenvalue weighted by Crippen LogP contribution is 2.36. The second-order valence-corrected chi connectivity index (χ2v) is 6.67. The molecule has 1 aliphatic carbocycles. The number of halogens is 2. The number of anilines is 1. The van der Waals surface area contributed by atoms with Gasteiger partial charge in [-0.05, 0) is 23.8 Å². The van der Waals surface area contributed by atoms with Crippen LogP contribution in [-0.2, 0) is 10.4 Å². The van der Waals surface area contributed by atoms with Crippen LogP contribution in [0, 0.1) is 5.41 Å². The summed E-state index contributed by atoms with van der Waals surface area (Å²) in [5, 5.41) is 24.1. The van der Waals surface area contributed by atoms with Crippen LogP contribution in [0.2, 0.25) is 0 Å². The molecule has 1 heterocycles. The maximum Gasteiger partial charge on any atom is 0.263 e. The Labute approximate surface area is 155 Å².